The lowest BCUT2D eigenvalue weighted by Crippen LogP contribution is -2.30. The summed E-state index contributed by atoms with van der Waals surface area (Å²) in [4.78, 5) is 31.1. The zero-order valence-corrected chi connectivity index (χ0v) is 15.1. The first kappa shape index (κ1) is 17.2. The number of hydrogen-bond donors (Lipinski definition) is 0. The van der Waals surface area contributed by atoms with E-state index >= 15 is 0 Å². The van der Waals surface area contributed by atoms with Crippen LogP contribution >= 0.6 is 0 Å². The average Bonchev–Trinajstić information content (AvgIpc) is 3.17. The number of rotatable bonds is 2. The normalized spacial score (nSPS) is 13.4. The molecule has 3 heterocycles. The van der Waals surface area contributed by atoms with Crippen molar-refractivity contribution in [2.45, 2.75) is 6.92 Å². The number of carbonyl (C=O) groups is 2. The van der Waals surface area contributed by atoms with Crippen molar-refractivity contribution in [2.75, 3.05) is 4.90 Å². The van der Waals surface area contributed by atoms with E-state index in [-0.39, 0.29) is 16.8 Å². The Labute approximate surface area is 163 Å². The number of carbonyl (C=O) groups excluding carboxylic acids is 2. The van der Waals surface area contributed by atoms with Gasteiger partial charge < -0.3 is 0 Å². The number of aryl methyl sites for hydroxylation is 1. The SMILES string of the molecule is Cc1nn(-c2cccc(F)c2)c2ncc3c(c12)C(=O)N(c1ccccc1F)C3=O. The van der Waals surface area contributed by atoms with E-state index in [0.29, 0.717) is 22.4 Å². The lowest BCUT2D eigenvalue weighted by Gasteiger charge is -2.14. The molecule has 2 aromatic carbocycles. The summed E-state index contributed by atoms with van der Waals surface area (Å²) in [6.45, 7) is 1.67. The molecular weight excluding hydrogens is 378 g/mol. The third-order valence-corrected chi connectivity index (χ3v) is 4.87. The molecule has 0 fully saturated rings. The Kier molecular flexibility index (Phi) is 3.57. The summed E-state index contributed by atoms with van der Waals surface area (Å²) in [5, 5.41) is 4.76. The van der Waals surface area contributed by atoms with Crippen LogP contribution in [-0.4, -0.2) is 26.6 Å². The molecule has 0 aliphatic carbocycles. The van der Waals surface area contributed by atoms with Crippen LogP contribution in [-0.2, 0) is 0 Å². The second-order valence-electron chi connectivity index (χ2n) is 6.62. The van der Waals surface area contributed by atoms with E-state index in [4.69, 9.17) is 0 Å². The molecule has 0 saturated heterocycles. The van der Waals surface area contributed by atoms with Crippen molar-refractivity contribution in [3.63, 3.8) is 0 Å². The zero-order chi connectivity index (χ0) is 20.3. The fourth-order valence-corrected chi connectivity index (χ4v) is 3.60. The monoisotopic (exact) mass is 390 g/mol. The van der Waals surface area contributed by atoms with Crippen molar-refractivity contribution in [1.82, 2.24) is 14.8 Å². The molecule has 5 rings (SSSR count). The van der Waals surface area contributed by atoms with Crippen LogP contribution in [0.25, 0.3) is 16.7 Å². The quantitative estimate of drug-likeness (QED) is 0.488. The highest BCUT2D eigenvalue weighted by Gasteiger charge is 2.41. The molecule has 0 atom stereocenters. The summed E-state index contributed by atoms with van der Waals surface area (Å²) in [7, 11) is 0. The second kappa shape index (κ2) is 6.03. The smallest absolute Gasteiger partial charge is 0.267 e. The van der Waals surface area contributed by atoms with Crippen LogP contribution in [0.3, 0.4) is 0 Å². The molecule has 2 amide bonds. The fourth-order valence-electron chi connectivity index (χ4n) is 3.60. The molecule has 0 spiro atoms. The van der Waals surface area contributed by atoms with Gasteiger partial charge in [0.25, 0.3) is 11.8 Å². The van der Waals surface area contributed by atoms with Crippen LogP contribution < -0.4 is 4.90 Å². The average molecular weight is 390 g/mol. The van der Waals surface area contributed by atoms with E-state index in [1.54, 1.807) is 19.1 Å². The third kappa shape index (κ3) is 2.39. The van der Waals surface area contributed by atoms with Crippen molar-refractivity contribution in [3.8, 4) is 5.69 Å². The summed E-state index contributed by atoms with van der Waals surface area (Å²) in [6, 6.07) is 11.4. The van der Waals surface area contributed by atoms with Crippen molar-refractivity contribution < 1.29 is 18.4 Å². The van der Waals surface area contributed by atoms with Gasteiger partial charge in [0.15, 0.2) is 5.65 Å². The number of aromatic nitrogens is 3. The molecule has 0 saturated carbocycles. The minimum Gasteiger partial charge on any atom is -0.268 e. The van der Waals surface area contributed by atoms with Crippen molar-refractivity contribution in [3.05, 3.63) is 83.2 Å². The van der Waals surface area contributed by atoms with Gasteiger partial charge in [0.2, 0.25) is 0 Å². The molecule has 4 aromatic rings. The zero-order valence-electron chi connectivity index (χ0n) is 15.1. The van der Waals surface area contributed by atoms with Gasteiger partial charge in [-0.3, -0.25) is 9.59 Å². The van der Waals surface area contributed by atoms with Crippen LogP contribution in [0.15, 0.2) is 54.7 Å². The van der Waals surface area contributed by atoms with Crippen LogP contribution in [0.5, 0.6) is 0 Å². The van der Waals surface area contributed by atoms with E-state index in [0.717, 1.165) is 4.90 Å². The molecule has 0 unspecified atom stereocenters. The van der Waals surface area contributed by atoms with Gasteiger partial charge in [-0.15, -0.1) is 0 Å². The van der Waals surface area contributed by atoms with E-state index in [1.807, 2.05) is 0 Å². The molecule has 0 radical (unpaired) electrons. The first-order valence-corrected chi connectivity index (χ1v) is 8.75. The Morgan fingerprint density at radius 1 is 0.966 bits per heavy atom. The molecule has 1 aliphatic rings. The number of imide groups is 1. The lowest BCUT2D eigenvalue weighted by molar-refractivity contribution is 0.0925. The number of benzene rings is 2. The first-order chi connectivity index (χ1) is 14.0. The number of para-hydroxylation sites is 1. The molecular formula is C21H12F2N4O2. The Morgan fingerprint density at radius 2 is 1.76 bits per heavy atom. The van der Waals surface area contributed by atoms with Crippen molar-refractivity contribution in [1.29, 1.82) is 0 Å². The first-order valence-electron chi connectivity index (χ1n) is 8.75. The molecule has 142 valence electrons. The van der Waals surface area contributed by atoms with Crippen molar-refractivity contribution >= 4 is 28.5 Å². The number of amides is 2. The molecule has 29 heavy (non-hydrogen) atoms. The number of halogens is 2. The lowest BCUT2D eigenvalue weighted by atomic mass is 10.1. The predicted octanol–water partition coefficient (Wildman–Crippen LogP) is 3.81. The van der Waals surface area contributed by atoms with E-state index in [9.17, 15) is 18.4 Å². The highest BCUT2D eigenvalue weighted by molar-refractivity contribution is 6.37. The number of anilines is 1. The largest absolute Gasteiger partial charge is 0.268 e. The standard InChI is InChI=1S/C21H12F2N4O2/c1-11-17-18-14(20(28)26(21(18)29)16-8-3-2-7-15(16)23)10-24-19(17)27(25-11)13-6-4-5-12(22)9-13/h2-10H,1H3. The number of hydrogen-bond acceptors (Lipinski definition) is 4. The molecule has 1 aliphatic heterocycles. The fraction of sp³-hybridized carbons (Fsp3) is 0.0476. The van der Waals surface area contributed by atoms with Gasteiger partial charge in [-0.05, 0) is 37.3 Å². The molecule has 0 N–H and O–H groups in total. The van der Waals surface area contributed by atoms with Crippen LogP contribution in [0.1, 0.15) is 26.4 Å². The Bertz CT molecular complexity index is 1350. The topological polar surface area (TPSA) is 68.1 Å². The third-order valence-electron chi connectivity index (χ3n) is 4.87. The van der Waals surface area contributed by atoms with Gasteiger partial charge in [-0.2, -0.15) is 5.10 Å². The van der Waals surface area contributed by atoms with Gasteiger partial charge in [-0.1, -0.05) is 18.2 Å². The molecule has 2 aromatic heterocycles. The summed E-state index contributed by atoms with van der Waals surface area (Å²) in [5.41, 5.74) is 1.25. The number of nitrogens with zero attached hydrogens (tertiary/aromatic N) is 4. The maximum Gasteiger partial charge on any atom is 0.267 e. The maximum absolute atomic E-state index is 14.3. The minimum atomic E-state index is -0.682. The summed E-state index contributed by atoms with van der Waals surface area (Å²) < 4.78 is 29.3. The van der Waals surface area contributed by atoms with Gasteiger partial charge in [0.1, 0.15) is 11.6 Å². The summed E-state index contributed by atoms with van der Waals surface area (Å²) >= 11 is 0. The molecule has 0 bridgehead atoms. The van der Waals surface area contributed by atoms with E-state index < -0.39 is 23.4 Å². The number of pyridine rings is 1. The Balaban J connectivity index is 1.74. The van der Waals surface area contributed by atoms with E-state index in [2.05, 4.69) is 10.1 Å². The van der Waals surface area contributed by atoms with E-state index in [1.165, 1.54) is 47.3 Å². The van der Waals surface area contributed by atoms with Crippen LogP contribution in [0.4, 0.5) is 14.5 Å². The highest BCUT2D eigenvalue weighted by atomic mass is 19.1. The number of fused-ring (bicyclic) bond motifs is 3. The van der Waals surface area contributed by atoms with Gasteiger partial charge >= 0.3 is 0 Å². The Hall–Kier alpha value is -3.94. The van der Waals surface area contributed by atoms with Crippen LogP contribution in [0, 0.1) is 18.6 Å². The Morgan fingerprint density at radius 3 is 2.52 bits per heavy atom. The van der Waals surface area contributed by atoms with Gasteiger partial charge in [0.05, 0.1) is 33.6 Å². The van der Waals surface area contributed by atoms with Gasteiger partial charge in [-0.25, -0.2) is 23.3 Å². The maximum atomic E-state index is 14.3. The van der Waals surface area contributed by atoms with Crippen LogP contribution in [0.2, 0.25) is 0 Å². The molecule has 8 heteroatoms. The molecule has 6 nitrogen and oxygen atoms in total. The predicted molar refractivity (Wildman–Crippen MR) is 101 cm³/mol. The minimum absolute atomic E-state index is 0.0765. The van der Waals surface area contributed by atoms with Crippen molar-refractivity contribution in [2.24, 2.45) is 0 Å². The highest BCUT2D eigenvalue weighted by Crippen LogP contribution is 2.35. The van der Waals surface area contributed by atoms with Gasteiger partial charge in [0, 0.05) is 6.20 Å². The summed E-state index contributed by atoms with van der Waals surface area (Å²) in [5.74, 6) is -2.42. The second-order valence-corrected chi connectivity index (χ2v) is 6.62. The summed E-state index contributed by atoms with van der Waals surface area (Å²) in [6.07, 6.45) is 1.27.